The van der Waals surface area contributed by atoms with Gasteiger partial charge in [0, 0.05) is 6.54 Å². The number of aromatic nitrogens is 7. The second-order valence-corrected chi connectivity index (χ2v) is 5.15. The van der Waals surface area contributed by atoms with Gasteiger partial charge in [0.1, 0.15) is 0 Å². The number of rotatable bonds is 6. The molecule has 0 aliphatic rings. The second kappa shape index (κ2) is 6.99. The molecule has 9 heteroatoms. The monoisotopic (exact) mass is 327 g/mol. The molecule has 0 aliphatic heterocycles. The molecular formula is C15H17N7O2. The van der Waals surface area contributed by atoms with Crippen molar-refractivity contribution in [1.82, 2.24) is 35.2 Å². The molecule has 3 rings (SSSR count). The summed E-state index contributed by atoms with van der Waals surface area (Å²) in [6.45, 7) is 4.39. The average molecular weight is 327 g/mol. The minimum atomic E-state index is -0.555. The average Bonchev–Trinajstić information content (AvgIpc) is 3.20. The Morgan fingerprint density at radius 1 is 1.21 bits per heavy atom. The molecule has 0 saturated carbocycles. The summed E-state index contributed by atoms with van der Waals surface area (Å²) in [5, 5.41) is 19.8. The third-order valence-electron chi connectivity index (χ3n) is 3.34. The third-order valence-corrected chi connectivity index (χ3v) is 3.34. The Kier molecular flexibility index (Phi) is 4.59. The zero-order chi connectivity index (χ0) is 16.9. The van der Waals surface area contributed by atoms with Gasteiger partial charge in [-0.25, -0.2) is 9.48 Å². The maximum Gasteiger partial charge on any atom is 0.361 e. The largest absolute Gasteiger partial charge is 0.453 e. The molecular weight excluding hydrogens is 310 g/mol. The summed E-state index contributed by atoms with van der Waals surface area (Å²) in [5.74, 6) is -0.0565. The molecule has 0 amide bonds. The number of ether oxygens (including phenoxy) is 1. The molecule has 0 unspecified atom stereocenters. The standard InChI is InChI=1S/C15H17N7O2/c1-3-9-21-13(16-19-20-21)10-24-15(23)14-11(2)17-22(18-14)12-7-5-4-6-8-12/h4-8H,3,9-10H2,1-2H3. The van der Waals surface area contributed by atoms with Crippen LogP contribution in [0.4, 0.5) is 0 Å². The van der Waals surface area contributed by atoms with E-state index in [1.54, 1.807) is 11.6 Å². The Morgan fingerprint density at radius 3 is 2.75 bits per heavy atom. The first-order chi connectivity index (χ1) is 11.7. The predicted octanol–water partition coefficient (Wildman–Crippen LogP) is 1.33. The van der Waals surface area contributed by atoms with E-state index in [0.29, 0.717) is 18.1 Å². The van der Waals surface area contributed by atoms with Crippen LogP contribution in [0.3, 0.4) is 0 Å². The fraction of sp³-hybridized carbons (Fsp3) is 0.333. The molecule has 24 heavy (non-hydrogen) atoms. The van der Waals surface area contributed by atoms with Crippen molar-refractivity contribution >= 4 is 5.97 Å². The summed E-state index contributed by atoms with van der Waals surface area (Å²) >= 11 is 0. The lowest BCUT2D eigenvalue weighted by Gasteiger charge is -2.03. The lowest BCUT2D eigenvalue weighted by atomic mass is 10.3. The summed E-state index contributed by atoms with van der Waals surface area (Å²) < 4.78 is 6.88. The molecule has 124 valence electrons. The minimum Gasteiger partial charge on any atom is -0.453 e. The molecule has 2 aromatic heterocycles. The van der Waals surface area contributed by atoms with Gasteiger partial charge < -0.3 is 4.74 Å². The van der Waals surface area contributed by atoms with Crippen molar-refractivity contribution in [2.24, 2.45) is 0 Å². The van der Waals surface area contributed by atoms with Crippen LogP contribution in [-0.2, 0) is 17.9 Å². The van der Waals surface area contributed by atoms with Gasteiger partial charge in [-0.15, -0.1) is 10.2 Å². The first-order valence-electron chi connectivity index (χ1n) is 7.60. The van der Waals surface area contributed by atoms with Crippen LogP contribution in [0.25, 0.3) is 5.69 Å². The van der Waals surface area contributed by atoms with Crippen molar-refractivity contribution in [3.8, 4) is 5.69 Å². The minimum absolute atomic E-state index is 0.0104. The zero-order valence-electron chi connectivity index (χ0n) is 13.5. The Labute approximate surface area is 138 Å². The summed E-state index contributed by atoms with van der Waals surface area (Å²) in [5.41, 5.74) is 1.44. The van der Waals surface area contributed by atoms with E-state index in [1.807, 2.05) is 37.3 Å². The third kappa shape index (κ3) is 3.29. The van der Waals surface area contributed by atoms with Crippen molar-refractivity contribution < 1.29 is 9.53 Å². The first kappa shape index (κ1) is 15.8. The van der Waals surface area contributed by atoms with Crippen LogP contribution in [0.15, 0.2) is 30.3 Å². The molecule has 0 aliphatic carbocycles. The van der Waals surface area contributed by atoms with E-state index in [1.165, 1.54) is 4.80 Å². The fourth-order valence-electron chi connectivity index (χ4n) is 2.15. The number of benzene rings is 1. The van der Waals surface area contributed by atoms with E-state index in [4.69, 9.17) is 4.74 Å². The molecule has 2 heterocycles. The van der Waals surface area contributed by atoms with E-state index in [-0.39, 0.29) is 12.3 Å². The molecule has 9 nitrogen and oxygen atoms in total. The van der Waals surface area contributed by atoms with E-state index in [9.17, 15) is 4.79 Å². The van der Waals surface area contributed by atoms with Gasteiger partial charge in [-0.3, -0.25) is 0 Å². The van der Waals surface area contributed by atoms with Crippen LogP contribution in [0, 0.1) is 6.92 Å². The predicted molar refractivity (Wildman–Crippen MR) is 83.3 cm³/mol. The number of para-hydroxylation sites is 1. The Bertz CT molecular complexity index is 825. The Balaban J connectivity index is 1.71. The van der Waals surface area contributed by atoms with Crippen molar-refractivity contribution in [2.75, 3.05) is 0 Å². The van der Waals surface area contributed by atoms with Gasteiger partial charge in [-0.1, -0.05) is 25.1 Å². The summed E-state index contributed by atoms with van der Waals surface area (Å²) in [6.07, 6.45) is 0.885. The van der Waals surface area contributed by atoms with Gasteiger partial charge in [0.15, 0.2) is 18.1 Å². The lowest BCUT2D eigenvalue weighted by Crippen LogP contribution is -2.12. The summed E-state index contributed by atoms with van der Waals surface area (Å²) in [4.78, 5) is 13.7. The summed E-state index contributed by atoms with van der Waals surface area (Å²) in [7, 11) is 0. The molecule has 1 aromatic carbocycles. The van der Waals surface area contributed by atoms with E-state index < -0.39 is 5.97 Å². The highest BCUT2D eigenvalue weighted by Gasteiger charge is 2.19. The quantitative estimate of drug-likeness (QED) is 0.629. The maximum absolute atomic E-state index is 12.3. The molecule has 0 N–H and O–H groups in total. The van der Waals surface area contributed by atoms with E-state index in [0.717, 1.165) is 12.1 Å². The zero-order valence-corrected chi connectivity index (χ0v) is 13.5. The van der Waals surface area contributed by atoms with Crippen LogP contribution in [0.2, 0.25) is 0 Å². The highest BCUT2D eigenvalue weighted by molar-refractivity contribution is 5.88. The number of tetrazole rings is 1. The van der Waals surface area contributed by atoms with Crippen molar-refractivity contribution in [3.05, 3.63) is 47.5 Å². The normalized spacial score (nSPS) is 10.8. The Morgan fingerprint density at radius 2 is 2.00 bits per heavy atom. The van der Waals surface area contributed by atoms with Gasteiger partial charge >= 0.3 is 5.97 Å². The number of hydrogen-bond acceptors (Lipinski definition) is 7. The van der Waals surface area contributed by atoms with Gasteiger partial charge in [-0.05, 0) is 35.9 Å². The number of nitrogens with zero attached hydrogens (tertiary/aromatic N) is 7. The molecule has 3 aromatic rings. The number of aryl methyl sites for hydroxylation is 2. The molecule has 0 spiro atoms. The van der Waals surface area contributed by atoms with Gasteiger partial charge in [0.05, 0.1) is 11.4 Å². The van der Waals surface area contributed by atoms with Crippen molar-refractivity contribution in [2.45, 2.75) is 33.4 Å². The van der Waals surface area contributed by atoms with E-state index in [2.05, 4.69) is 25.7 Å². The molecule has 0 fully saturated rings. The Hall–Kier alpha value is -3.10. The summed E-state index contributed by atoms with van der Waals surface area (Å²) in [6, 6.07) is 9.36. The number of hydrogen-bond donors (Lipinski definition) is 0. The van der Waals surface area contributed by atoms with Crippen molar-refractivity contribution in [1.29, 1.82) is 0 Å². The van der Waals surface area contributed by atoms with E-state index >= 15 is 0 Å². The van der Waals surface area contributed by atoms with Crippen molar-refractivity contribution in [3.63, 3.8) is 0 Å². The maximum atomic E-state index is 12.3. The SMILES string of the molecule is CCCn1nnnc1COC(=O)c1nn(-c2ccccc2)nc1C. The van der Waals surface area contributed by atoms with Crippen LogP contribution in [-0.4, -0.2) is 41.2 Å². The van der Waals surface area contributed by atoms with Crippen LogP contribution in [0.1, 0.15) is 35.4 Å². The van der Waals surface area contributed by atoms with Crippen LogP contribution < -0.4 is 0 Å². The first-order valence-corrected chi connectivity index (χ1v) is 7.60. The highest BCUT2D eigenvalue weighted by atomic mass is 16.5. The smallest absolute Gasteiger partial charge is 0.361 e. The molecule has 0 saturated heterocycles. The van der Waals surface area contributed by atoms with Gasteiger partial charge in [0.2, 0.25) is 0 Å². The molecule has 0 radical (unpaired) electrons. The molecule has 0 atom stereocenters. The number of esters is 1. The topological polar surface area (TPSA) is 101 Å². The second-order valence-electron chi connectivity index (χ2n) is 5.15. The lowest BCUT2D eigenvalue weighted by molar-refractivity contribution is 0.0448. The highest BCUT2D eigenvalue weighted by Crippen LogP contribution is 2.10. The van der Waals surface area contributed by atoms with Crippen LogP contribution in [0.5, 0.6) is 0 Å². The fourth-order valence-corrected chi connectivity index (χ4v) is 2.15. The molecule has 0 bridgehead atoms. The van der Waals surface area contributed by atoms with Gasteiger partial charge in [-0.2, -0.15) is 9.90 Å². The number of carbonyl (C=O) groups is 1. The van der Waals surface area contributed by atoms with Crippen LogP contribution >= 0.6 is 0 Å². The number of carbonyl (C=O) groups excluding carboxylic acids is 1. The van der Waals surface area contributed by atoms with Gasteiger partial charge in [0.25, 0.3) is 0 Å².